The number of hydrogen-bond acceptors (Lipinski definition) is 2. The number of rotatable bonds is 6. The summed E-state index contributed by atoms with van der Waals surface area (Å²) < 4.78 is 0. The Balaban J connectivity index is 1.98. The van der Waals surface area contributed by atoms with Crippen LogP contribution in [-0.4, -0.2) is 19.6 Å². The largest absolute Gasteiger partial charge is 0.370 e. The first-order valence-electron chi connectivity index (χ1n) is 8.32. The Kier molecular flexibility index (Phi) is 5.95. The molecule has 0 saturated carbocycles. The zero-order valence-corrected chi connectivity index (χ0v) is 14.5. The molecule has 1 aliphatic heterocycles. The van der Waals surface area contributed by atoms with Gasteiger partial charge in [0.15, 0.2) is 0 Å². The average Bonchev–Trinajstić information content (AvgIpc) is 2.49. The van der Waals surface area contributed by atoms with Gasteiger partial charge in [-0.2, -0.15) is 0 Å². The molecule has 1 aliphatic rings. The molecular formula is C18H29ClN2. The first kappa shape index (κ1) is 16.6. The molecule has 0 aliphatic carbocycles. The minimum absolute atomic E-state index is 0.521. The first-order valence-corrected chi connectivity index (χ1v) is 8.70. The zero-order valence-electron chi connectivity index (χ0n) is 13.7. The van der Waals surface area contributed by atoms with Gasteiger partial charge in [-0.25, -0.2) is 0 Å². The summed E-state index contributed by atoms with van der Waals surface area (Å²) in [6.07, 6.45) is 4.96. The summed E-state index contributed by atoms with van der Waals surface area (Å²) in [7, 11) is 0. The molecule has 0 unspecified atom stereocenters. The van der Waals surface area contributed by atoms with Crippen molar-refractivity contribution in [3.63, 3.8) is 0 Å². The summed E-state index contributed by atoms with van der Waals surface area (Å²) in [6.45, 7) is 11.1. The fourth-order valence-electron chi connectivity index (χ4n) is 2.97. The summed E-state index contributed by atoms with van der Waals surface area (Å²) >= 11 is 6.51. The molecule has 1 heterocycles. The highest BCUT2D eigenvalue weighted by molar-refractivity contribution is 6.33. The summed E-state index contributed by atoms with van der Waals surface area (Å²) in [5.41, 5.74) is 2.99. The van der Waals surface area contributed by atoms with E-state index in [-0.39, 0.29) is 0 Å². The van der Waals surface area contributed by atoms with Crippen LogP contribution in [0.15, 0.2) is 18.2 Å². The highest BCUT2D eigenvalue weighted by Gasteiger charge is 2.28. The standard InChI is InChI=1S/C18H29ClN2/c1-4-10-20-14-15-6-7-17(16(19)13-15)21-11-8-18(3,5-2)9-12-21/h6-7,13,20H,4-5,8-12,14H2,1-3H3. The van der Waals surface area contributed by atoms with Crippen LogP contribution in [0.4, 0.5) is 5.69 Å². The highest BCUT2D eigenvalue weighted by Crippen LogP contribution is 2.37. The van der Waals surface area contributed by atoms with E-state index in [1.807, 2.05) is 0 Å². The molecule has 1 aromatic carbocycles. The molecule has 0 aromatic heterocycles. The maximum atomic E-state index is 6.51. The van der Waals surface area contributed by atoms with Crippen molar-refractivity contribution < 1.29 is 0 Å². The molecule has 2 nitrogen and oxygen atoms in total. The molecule has 0 radical (unpaired) electrons. The van der Waals surface area contributed by atoms with Crippen LogP contribution in [0.2, 0.25) is 5.02 Å². The average molecular weight is 309 g/mol. The summed E-state index contributed by atoms with van der Waals surface area (Å²) in [5, 5.41) is 4.32. The second-order valence-electron chi connectivity index (χ2n) is 6.61. The van der Waals surface area contributed by atoms with Gasteiger partial charge in [-0.05, 0) is 48.9 Å². The zero-order chi connectivity index (χ0) is 15.3. The summed E-state index contributed by atoms with van der Waals surface area (Å²) in [6, 6.07) is 6.52. The normalized spacial score (nSPS) is 18.0. The molecule has 1 N–H and O–H groups in total. The van der Waals surface area contributed by atoms with E-state index in [9.17, 15) is 0 Å². The van der Waals surface area contributed by atoms with Gasteiger partial charge >= 0.3 is 0 Å². The van der Waals surface area contributed by atoms with Gasteiger partial charge in [0.05, 0.1) is 10.7 Å². The van der Waals surface area contributed by atoms with E-state index in [4.69, 9.17) is 11.6 Å². The van der Waals surface area contributed by atoms with E-state index in [0.29, 0.717) is 5.41 Å². The number of piperidine rings is 1. The van der Waals surface area contributed by atoms with Crippen molar-refractivity contribution in [2.24, 2.45) is 5.41 Å². The molecule has 1 fully saturated rings. The third-order valence-corrected chi connectivity index (χ3v) is 5.24. The minimum atomic E-state index is 0.521. The predicted molar refractivity (Wildman–Crippen MR) is 93.3 cm³/mol. The second-order valence-corrected chi connectivity index (χ2v) is 7.02. The number of nitrogens with zero attached hydrogens (tertiary/aromatic N) is 1. The van der Waals surface area contributed by atoms with Gasteiger partial charge in [0.2, 0.25) is 0 Å². The van der Waals surface area contributed by atoms with E-state index in [1.165, 1.54) is 30.5 Å². The van der Waals surface area contributed by atoms with Crippen molar-refractivity contribution >= 4 is 17.3 Å². The van der Waals surface area contributed by atoms with Crippen LogP contribution in [0.1, 0.15) is 52.0 Å². The smallest absolute Gasteiger partial charge is 0.0642 e. The van der Waals surface area contributed by atoms with E-state index in [0.717, 1.165) is 37.6 Å². The van der Waals surface area contributed by atoms with Gasteiger partial charge in [0.25, 0.3) is 0 Å². The fourth-order valence-corrected chi connectivity index (χ4v) is 3.29. The maximum Gasteiger partial charge on any atom is 0.0642 e. The van der Waals surface area contributed by atoms with Gasteiger partial charge in [0.1, 0.15) is 0 Å². The molecule has 1 aromatic rings. The minimum Gasteiger partial charge on any atom is -0.370 e. The molecule has 1 saturated heterocycles. The number of anilines is 1. The second kappa shape index (κ2) is 7.51. The molecule has 0 bridgehead atoms. The highest BCUT2D eigenvalue weighted by atomic mass is 35.5. The Morgan fingerprint density at radius 1 is 1.24 bits per heavy atom. The van der Waals surface area contributed by atoms with Gasteiger partial charge in [0, 0.05) is 19.6 Å². The lowest BCUT2D eigenvalue weighted by molar-refractivity contribution is 0.238. The lowest BCUT2D eigenvalue weighted by Crippen LogP contribution is -2.38. The third kappa shape index (κ3) is 4.37. The predicted octanol–water partition coefficient (Wildman–Crippen LogP) is 4.86. The van der Waals surface area contributed by atoms with E-state index >= 15 is 0 Å². The van der Waals surface area contributed by atoms with Crippen LogP contribution in [0, 0.1) is 5.41 Å². The van der Waals surface area contributed by atoms with Crippen molar-refractivity contribution in [3.8, 4) is 0 Å². The molecule has 2 rings (SSSR count). The summed E-state index contributed by atoms with van der Waals surface area (Å²) in [4.78, 5) is 2.45. The lowest BCUT2D eigenvalue weighted by Gasteiger charge is -2.40. The van der Waals surface area contributed by atoms with Gasteiger partial charge in [-0.3, -0.25) is 0 Å². The molecule has 0 atom stereocenters. The SMILES string of the molecule is CCCNCc1ccc(N2CCC(C)(CC)CC2)c(Cl)c1. The van der Waals surface area contributed by atoms with Crippen LogP contribution in [0.5, 0.6) is 0 Å². The topological polar surface area (TPSA) is 15.3 Å². The van der Waals surface area contributed by atoms with Crippen molar-refractivity contribution in [1.82, 2.24) is 5.32 Å². The van der Waals surface area contributed by atoms with E-state index < -0.39 is 0 Å². The van der Waals surface area contributed by atoms with Crippen LogP contribution >= 0.6 is 11.6 Å². The van der Waals surface area contributed by atoms with Crippen LogP contribution < -0.4 is 10.2 Å². The van der Waals surface area contributed by atoms with Crippen molar-refractivity contribution in [1.29, 1.82) is 0 Å². The number of nitrogens with one attached hydrogen (secondary N) is 1. The molecule has 3 heteroatoms. The molecule has 0 spiro atoms. The Morgan fingerprint density at radius 3 is 2.52 bits per heavy atom. The monoisotopic (exact) mass is 308 g/mol. The third-order valence-electron chi connectivity index (χ3n) is 4.93. The first-order chi connectivity index (χ1) is 10.1. The molecular weight excluding hydrogens is 280 g/mol. The molecule has 118 valence electrons. The number of halogens is 1. The van der Waals surface area contributed by atoms with Gasteiger partial charge in [-0.15, -0.1) is 0 Å². The van der Waals surface area contributed by atoms with Gasteiger partial charge in [-0.1, -0.05) is 44.9 Å². The Morgan fingerprint density at radius 2 is 1.95 bits per heavy atom. The van der Waals surface area contributed by atoms with Crippen molar-refractivity contribution in [2.45, 2.75) is 53.0 Å². The number of benzene rings is 1. The van der Waals surface area contributed by atoms with Crippen LogP contribution in [0.3, 0.4) is 0 Å². The van der Waals surface area contributed by atoms with Crippen molar-refractivity contribution in [3.05, 3.63) is 28.8 Å². The summed E-state index contributed by atoms with van der Waals surface area (Å²) in [5.74, 6) is 0. The molecule has 0 amide bonds. The van der Waals surface area contributed by atoms with Gasteiger partial charge < -0.3 is 10.2 Å². The maximum absolute atomic E-state index is 6.51. The fraction of sp³-hybridized carbons (Fsp3) is 0.667. The van der Waals surface area contributed by atoms with E-state index in [2.05, 4.69) is 49.2 Å². The molecule has 21 heavy (non-hydrogen) atoms. The number of hydrogen-bond donors (Lipinski definition) is 1. The lowest BCUT2D eigenvalue weighted by atomic mass is 9.78. The Bertz CT molecular complexity index is 451. The van der Waals surface area contributed by atoms with Crippen molar-refractivity contribution in [2.75, 3.05) is 24.5 Å². The van der Waals surface area contributed by atoms with Crippen LogP contribution in [0.25, 0.3) is 0 Å². The Hall–Kier alpha value is -0.730. The van der Waals surface area contributed by atoms with E-state index in [1.54, 1.807) is 0 Å². The van der Waals surface area contributed by atoms with Crippen LogP contribution in [-0.2, 0) is 6.54 Å². The Labute approximate surface area is 134 Å². The quantitative estimate of drug-likeness (QED) is 0.755.